The molecular formula is C16H21N3O. The van der Waals surface area contributed by atoms with Crippen molar-refractivity contribution in [3.05, 3.63) is 54.2 Å². The van der Waals surface area contributed by atoms with Gasteiger partial charge in [0.05, 0.1) is 18.8 Å². The summed E-state index contributed by atoms with van der Waals surface area (Å²) < 4.78 is 5.51. The van der Waals surface area contributed by atoms with Crippen molar-refractivity contribution in [3.63, 3.8) is 0 Å². The SMILES string of the molecule is CC(N)C(c1ccncc1)N(Cc1ccco1)C1CC1. The van der Waals surface area contributed by atoms with E-state index in [-0.39, 0.29) is 12.1 Å². The average Bonchev–Trinajstić information content (AvgIpc) is 3.17. The second-order valence-electron chi connectivity index (χ2n) is 5.57. The number of aromatic nitrogens is 1. The first-order valence-corrected chi connectivity index (χ1v) is 7.19. The molecule has 1 fully saturated rings. The van der Waals surface area contributed by atoms with Crippen molar-refractivity contribution in [2.24, 2.45) is 5.73 Å². The number of pyridine rings is 1. The van der Waals surface area contributed by atoms with E-state index in [0.717, 1.165) is 12.3 Å². The van der Waals surface area contributed by atoms with Crippen molar-refractivity contribution < 1.29 is 4.42 Å². The Balaban J connectivity index is 1.86. The van der Waals surface area contributed by atoms with E-state index < -0.39 is 0 Å². The van der Waals surface area contributed by atoms with Gasteiger partial charge in [-0.05, 0) is 49.6 Å². The highest BCUT2D eigenvalue weighted by atomic mass is 16.3. The van der Waals surface area contributed by atoms with E-state index in [1.165, 1.54) is 18.4 Å². The number of nitrogens with zero attached hydrogens (tertiary/aromatic N) is 2. The van der Waals surface area contributed by atoms with E-state index in [1.54, 1.807) is 6.26 Å². The van der Waals surface area contributed by atoms with Gasteiger partial charge < -0.3 is 10.2 Å². The zero-order valence-electron chi connectivity index (χ0n) is 11.8. The molecule has 2 unspecified atom stereocenters. The van der Waals surface area contributed by atoms with Crippen LogP contribution in [0.1, 0.15) is 37.1 Å². The number of nitrogens with two attached hydrogens (primary N) is 1. The van der Waals surface area contributed by atoms with E-state index in [1.807, 2.05) is 24.5 Å². The molecule has 0 radical (unpaired) electrons. The summed E-state index contributed by atoms with van der Waals surface area (Å²) in [6.45, 7) is 2.88. The van der Waals surface area contributed by atoms with Crippen LogP contribution in [0.2, 0.25) is 0 Å². The smallest absolute Gasteiger partial charge is 0.117 e. The Morgan fingerprint density at radius 1 is 1.35 bits per heavy atom. The molecule has 4 heteroatoms. The van der Waals surface area contributed by atoms with Gasteiger partial charge in [0.15, 0.2) is 0 Å². The highest BCUT2D eigenvalue weighted by molar-refractivity contribution is 5.18. The van der Waals surface area contributed by atoms with Crippen molar-refractivity contribution in [2.75, 3.05) is 0 Å². The minimum atomic E-state index is 0.0629. The van der Waals surface area contributed by atoms with Gasteiger partial charge in [-0.25, -0.2) is 0 Å². The zero-order valence-corrected chi connectivity index (χ0v) is 11.8. The maximum absolute atomic E-state index is 6.27. The Morgan fingerprint density at radius 3 is 2.65 bits per heavy atom. The molecule has 2 N–H and O–H groups in total. The van der Waals surface area contributed by atoms with Gasteiger partial charge in [-0.15, -0.1) is 0 Å². The topological polar surface area (TPSA) is 55.3 Å². The molecule has 0 saturated heterocycles. The summed E-state index contributed by atoms with van der Waals surface area (Å²) in [6, 6.07) is 8.97. The maximum Gasteiger partial charge on any atom is 0.117 e. The Bertz CT molecular complexity index is 520. The summed E-state index contributed by atoms with van der Waals surface area (Å²) in [7, 11) is 0. The van der Waals surface area contributed by atoms with Crippen LogP contribution >= 0.6 is 0 Å². The lowest BCUT2D eigenvalue weighted by Crippen LogP contribution is -2.40. The summed E-state index contributed by atoms with van der Waals surface area (Å²) in [5, 5.41) is 0. The highest BCUT2D eigenvalue weighted by Crippen LogP contribution is 2.36. The van der Waals surface area contributed by atoms with Gasteiger partial charge in [-0.1, -0.05) is 0 Å². The lowest BCUT2D eigenvalue weighted by Gasteiger charge is -2.34. The van der Waals surface area contributed by atoms with Crippen molar-refractivity contribution in [1.82, 2.24) is 9.88 Å². The standard InChI is InChI=1S/C16H21N3O/c1-12(17)16(13-6-8-18-9-7-13)19(14-4-5-14)11-15-3-2-10-20-15/h2-3,6-10,12,14,16H,4-5,11,17H2,1H3. The minimum Gasteiger partial charge on any atom is -0.468 e. The number of hydrogen-bond acceptors (Lipinski definition) is 4. The van der Waals surface area contributed by atoms with Crippen molar-refractivity contribution in [2.45, 2.75) is 44.4 Å². The third kappa shape index (κ3) is 2.92. The molecule has 106 valence electrons. The summed E-state index contributed by atoms with van der Waals surface area (Å²) in [5.74, 6) is 0.997. The van der Waals surface area contributed by atoms with Crippen LogP contribution in [-0.2, 0) is 6.54 Å². The summed E-state index contributed by atoms with van der Waals surface area (Å²) in [4.78, 5) is 6.58. The summed E-state index contributed by atoms with van der Waals surface area (Å²) in [6.07, 6.45) is 7.89. The molecule has 2 aromatic heterocycles. The fraction of sp³-hybridized carbons (Fsp3) is 0.438. The van der Waals surface area contributed by atoms with Crippen molar-refractivity contribution in [3.8, 4) is 0 Å². The fourth-order valence-electron chi connectivity index (χ4n) is 2.80. The molecule has 0 aromatic carbocycles. The molecular weight excluding hydrogens is 250 g/mol. The Labute approximate surface area is 119 Å². The predicted octanol–water partition coefficient (Wildman–Crippen LogP) is 2.73. The van der Waals surface area contributed by atoms with Crippen LogP contribution in [0.4, 0.5) is 0 Å². The molecule has 3 rings (SSSR count). The summed E-state index contributed by atoms with van der Waals surface area (Å²) >= 11 is 0. The van der Waals surface area contributed by atoms with E-state index in [9.17, 15) is 0 Å². The van der Waals surface area contributed by atoms with Crippen LogP contribution in [0.3, 0.4) is 0 Å². The van der Waals surface area contributed by atoms with Gasteiger partial charge in [0.25, 0.3) is 0 Å². The molecule has 0 spiro atoms. The van der Waals surface area contributed by atoms with Crippen LogP contribution in [0.5, 0.6) is 0 Å². The van der Waals surface area contributed by atoms with Gasteiger partial charge in [0.2, 0.25) is 0 Å². The maximum atomic E-state index is 6.27. The highest BCUT2D eigenvalue weighted by Gasteiger charge is 2.36. The largest absolute Gasteiger partial charge is 0.468 e. The van der Waals surface area contributed by atoms with E-state index in [2.05, 4.69) is 28.9 Å². The molecule has 0 aliphatic heterocycles. The Kier molecular flexibility index (Phi) is 3.85. The molecule has 1 saturated carbocycles. The average molecular weight is 271 g/mol. The molecule has 20 heavy (non-hydrogen) atoms. The third-order valence-electron chi connectivity index (χ3n) is 3.84. The minimum absolute atomic E-state index is 0.0629. The predicted molar refractivity (Wildman–Crippen MR) is 77.9 cm³/mol. The van der Waals surface area contributed by atoms with Crippen LogP contribution in [0.25, 0.3) is 0 Å². The number of furan rings is 1. The normalized spacial score (nSPS) is 18.1. The lowest BCUT2D eigenvalue weighted by atomic mass is 10.00. The van der Waals surface area contributed by atoms with Crippen LogP contribution in [-0.4, -0.2) is 22.0 Å². The fourth-order valence-corrected chi connectivity index (χ4v) is 2.80. The second kappa shape index (κ2) is 5.77. The Hall–Kier alpha value is -1.65. The van der Waals surface area contributed by atoms with E-state index in [4.69, 9.17) is 10.2 Å². The summed E-state index contributed by atoms with van der Waals surface area (Å²) in [5.41, 5.74) is 7.50. The van der Waals surface area contributed by atoms with Gasteiger partial charge >= 0.3 is 0 Å². The quantitative estimate of drug-likeness (QED) is 0.877. The first-order chi connectivity index (χ1) is 9.75. The van der Waals surface area contributed by atoms with Crippen LogP contribution in [0, 0.1) is 0 Å². The lowest BCUT2D eigenvalue weighted by molar-refractivity contribution is 0.145. The molecule has 2 aromatic rings. The van der Waals surface area contributed by atoms with Gasteiger partial charge in [-0.2, -0.15) is 0 Å². The number of hydrogen-bond donors (Lipinski definition) is 1. The first kappa shape index (κ1) is 13.3. The zero-order chi connectivity index (χ0) is 13.9. The van der Waals surface area contributed by atoms with Crippen molar-refractivity contribution >= 4 is 0 Å². The molecule has 4 nitrogen and oxygen atoms in total. The van der Waals surface area contributed by atoms with E-state index >= 15 is 0 Å². The number of rotatable bonds is 6. The van der Waals surface area contributed by atoms with E-state index in [0.29, 0.717) is 6.04 Å². The first-order valence-electron chi connectivity index (χ1n) is 7.19. The monoisotopic (exact) mass is 271 g/mol. The molecule has 0 bridgehead atoms. The second-order valence-corrected chi connectivity index (χ2v) is 5.57. The van der Waals surface area contributed by atoms with Crippen molar-refractivity contribution in [1.29, 1.82) is 0 Å². The molecule has 1 aliphatic rings. The third-order valence-corrected chi connectivity index (χ3v) is 3.84. The van der Waals surface area contributed by atoms with Gasteiger partial charge in [0, 0.05) is 24.5 Å². The van der Waals surface area contributed by atoms with Crippen LogP contribution in [0.15, 0.2) is 47.3 Å². The molecule has 0 amide bonds. The van der Waals surface area contributed by atoms with Gasteiger partial charge in [-0.3, -0.25) is 9.88 Å². The molecule has 1 aliphatic carbocycles. The Morgan fingerprint density at radius 2 is 2.10 bits per heavy atom. The van der Waals surface area contributed by atoms with Crippen LogP contribution < -0.4 is 5.73 Å². The van der Waals surface area contributed by atoms with Gasteiger partial charge in [0.1, 0.15) is 5.76 Å². The molecule has 2 atom stereocenters. The molecule has 2 heterocycles.